The van der Waals surface area contributed by atoms with Gasteiger partial charge in [-0.05, 0) is 19.1 Å². The predicted molar refractivity (Wildman–Crippen MR) is 70.3 cm³/mol. The van der Waals surface area contributed by atoms with Crippen LogP contribution in [-0.4, -0.2) is 52.8 Å². The van der Waals surface area contributed by atoms with Crippen LogP contribution in [0.4, 0.5) is 0 Å². The molecule has 108 valence electrons. The van der Waals surface area contributed by atoms with Crippen molar-refractivity contribution in [3.63, 3.8) is 0 Å². The van der Waals surface area contributed by atoms with Gasteiger partial charge in [0.05, 0.1) is 18.8 Å². The number of hydrogen-bond donors (Lipinski definition) is 2. The van der Waals surface area contributed by atoms with Crippen LogP contribution in [-0.2, 0) is 9.53 Å². The number of phenols is 1. The van der Waals surface area contributed by atoms with Crippen molar-refractivity contribution in [2.75, 3.05) is 13.7 Å². The molecule has 1 aromatic carbocycles. The third kappa shape index (κ3) is 2.60. The summed E-state index contributed by atoms with van der Waals surface area (Å²) in [6, 6.07) is 3.85. The zero-order chi connectivity index (χ0) is 14.9. The van der Waals surface area contributed by atoms with Crippen LogP contribution in [0.5, 0.6) is 5.75 Å². The highest BCUT2D eigenvalue weighted by Gasteiger charge is 2.40. The topological polar surface area (TPSA) is 87.1 Å². The molecule has 2 rings (SSSR count). The van der Waals surface area contributed by atoms with Gasteiger partial charge in [-0.25, -0.2) is 4.79 Å². The van der Waals surface area contributed by atoms with Gasteiger partial charge in [-0.15, -0.1) is 0 Å². The number of carbonyl (C=O) groups is 2. The number of aryl methyl sites for hydroxylation is 1. The molecule has 1 aliphatic heterocycles. The van der Waals surface area contributed by atoms with Crippen LogP contribution in [0.25, 0.3) is 0 Å². The average Bonchev–Trinajstić information content (AvgIpc) is 2.82. The summed E-state index contributed by atoms with van der Waals surface area (Å²) >= 11 is 0. The first-order chi connectivity index (χ1) is 9.43. The Kier molecular flexibility index (Phi) is 3.94. The van der Waals surface area contributed by atoms with Gasteiger partial charge in [0.1, 0.15) is 11.8 Å². The number of carbonyl (C=O) groups excluding carboxylic acids is 2. The smallest absolute Gasteiger partial charge is 0.328 e. The molecule has 1 aromatic rings. The summed E-state index contributed by atoms with van der Waals surface area (Å²) in [6.45, 7) is 1.85. The molecule has 1 saturated heterocycles. The molecule has 1 amide bonds. The lowest BCUT2D eigenvalue weighted by atomic mass is 10.1. The maximum absolute atomic E-state index is 12.4. The van der Waals surface area contributed by atoms with E-state index < -0.39 is 24.0 Å². The van der Waals surface area contributed by atoms with Crippen LogP contribution >= 0.6 is 0 Å². The second kappa shape index (κ2) is 5.50. The van der Waals surface area contributed by atoms with Crippen molar-refractivity contribution in [3.05, 3.63) is 29.3 Å². The molecule has 6 heteroatoms. The summed E-state index contributed by atoms with van der Waals surface area (Å²) in [5.41, 5.74) is 0.938. The van der Waals surface area contributed by atoms with E-state index in [0.717, 1.165) is 5.56 Å². The van der Waals surface area contributed by atoms with Gasteiger partial charge < -0.3 is 19.8 Å². The maximum atomic E-state index is 12.4. The Bertz CT molecular complexity index is 542. The summed E-state index contributed by atoms with van der Waals surface area (Å²) in [6.07, 6.45) is -0.625. The minimum Gasteiger partial charge on any atom is -0.507 e. The van der Waals surface area contributed by atoms with E-state index in [2.05, 4.69) is 4.74 Å². The SMILES string of the molecule is COC(=O)C1CC(O)CN1C(=O)c1cc(C)ccc1O. The highest BCUT2D eigenvalue weighted by molar-refractivity contribution is 5.99. The Hall–Kier alpha value is -2.08. The van der Waals surface area contributed by atoms with E-state index >= 15 is 0 Å². The largest absolute Gasteiger partial charge is 0.507 e. The fraction of sp³-hybridized carbons (Fsp3) is 0.429. The second-order valence-corrected chi connectivity index (χ2v) is 4.91. The third-order valence-electron chi connectivity index (χ3n) is 3.40. The molecule has 20 heavy (non-hydrogen) atoms. The molecule has 0 aromatic heterocycles. The van der Waals surface area contributed by atoms with Gasteiger partial charge in [0.15, 0.2) is 0 Å². The molecule has 2 atom stereocenters. The Morgan fingerprint density at radius 3 is 2.75 bits per heavy atom. The number of amides is 1. The highest BCUT2D eigenvalue weighted by atomic mass is 16.5. The van der Waals surface area contributed by atoms with Crippen LogP contribution in [0.3, 0.4) is 0 Å². The number of methoxy groups -OCH3 is 1. The fourth-order valence-corrected chi connectivity index (χ4v) is 2.37. The zero-order valence-corrected chi connectivity index (χ0v) is 11.4. The normalized spacial score (nSPS) is 21.9. The van der Waals surface area contributed by atoms with Gasteiger partial charge in [-0.1, -0.05) is 11.6 Å². The predicted octanol–water partition coefficient (Wildman–Crippen LogP) is 0.449. The summed E-state index contributed by atoms with van der Waals surface area (Å²) in [5.74, 6) is -1.20. The number of esters is 1. The van der Waals surface area contributed by atoms with Crippen molar-refractivity contribution in [3.8, 4) is 5.75 Å². The summed E-state index contributed by atoms with van der Waals surface area (Å²) in [7, 11) is 1.24. The number of likely N-dealkylation sites (tertiary alicyclic amines) is 1. The van der Waals surface area contributed by atoms with E-state index in [0.29, 0.717) is 0 Å². The average molecular weight is 279 g/mol. The van der Waals surface area contributed by atoms with Crippen LogP contribution in [0, 0.1) is 6.92 Å². The Morgan fingerprint density at radius 2 is 2.10 bits per heavy atom. The Labute approximate surface area is 116 Å². The van der Waals surface area contributed by atoms with Gasteiger partial charge in [-0.3, -0.25) is 4.79 Å². The van der Waals surface area contributed by atoms with Gasteiger partial charge in [-0.2, -0.15) is 0 Å². The second-order valence-electron chi connectivity index (χ2n) is 4.91. The van der Waals surface area contributed by atoms with Gasteiger partial charge in [0.2, 0.25) is 0 Å². The van der Waals surface area contributed by atoms with E-state index in [1.54, 1.807) is 19.1 Å². The van der Waals surface area contributed by atoms with Crippen molar-refractivity contribution in [2.45, 2.75) is 25.5 Å². The summed E-state index contributed by atoms with van der Waals surface area (Å²) in [4.78, 5) is 25.4. The number of β-amino-alcohol motifs (C(OH)–C–C–N with tert-alkyl or cyclic N) is 1. The molecule has 6 nitrogen and oxygen atoms in total. The van der Waals surface area contributed by atoms with E-state index in [1.165, 1.54) is 18.1 Å². The number of ether oxygens (including phenoxy) is 1. The van der Waals surface area contributed by atoms with E-state index in [9.17, 15) is 19.8 Å². The number of aromatic hydroxyl groups is 1. The molecule has 0 bridgehead atoms. The zero-order valence-electron chi connectivity index (χ0n) is 11.4. The molecule has 0 spiro atoms. The van der Waals surface area contributed by atoms with E-state index in [4.69, 9.17) is 0 Å². The number of phenolic OH excluding ortho intramolecular Hbond substituents is 1. The highest BCUT2D eigenvalue weighted by Crippen LogP contribution is 2.26. The van der Waals surface area contributed by atoms with E-state index in [-0.39, 0.29) is 24.3 Å². The van der Waals surface area contributed by atoms with Crippen molar-refractivity contribution >= 4 is 11.9 Å². The van der Waals surface area contributed by atoms with Crippen molar-refractivity contribution in [2.24, 2.45) is 0 Å². The van der Waals surface area contributed by atoms with Crippen LogP contribution < -0.4 is 0 Å². The first-order valence-electron chi connectivity index (χ1n) is 6.30. The van der Waals surface area contributed by atoms with Crippen LogP contribution in [0.1, 0.15) is 22.3 Å². The van der Waals surface area contributed by atoms with Crippen molar-refractivity contribution in [1.82, 2.24) is 4.90 Å². The molecular formula is C14H17NO5. The number of nitrogens with zero attached hydrogens (tertiary/aromatic N) is 1. The first-order valence-corrected chi connectivity index (χ1v) is 6.30. The number of hydrogen-bond acceptors (Lipinski definition) is 5. The van der Waals surface area contributed by atoms with Crippen molar-refractivity contribution in [1.29, 1.82) is 0 Å². The molecule has 0 radical (unpaired) electrons. The van der Waals surface area contributed by atoms with E-state index in [1.807, 2.05) is 0 Å². The van der Waals surface area contributed by atoms with Gasteiger partial charge in [0, 0.05) is 13.0 Å². The lowest BCUT2D eigenvalue weighted by molar-refractivity contribution is -0.145. The minimum atomic E-state index is -0.817. The number of aliphatic hydroxyl groups is 1. The number of benzene rings is 1. The maximum Gasteiger partial charge on any atom is 0.328 e. The van der Waals surface area contributed by atoms with Gasteiger partial charge in [0.25, 0.3) is 5.91 Å². The lowest BCUT2D eigenvalue weighted by Crippen LogP contribution is -2.41. The molecule has 2 unspecified atom stereocenters. The molecule has 2 N–H and O–H groups in total. The molecule has 1 aliphatic rings. The first kappa shape index (κ1) is 14.3. The van der Waals surface area contributed by atoms with Crippen molar-refractivity contribution < 1.29 is 24.5 Å². The molecule has 0 aliphatic carbocycles. The quantitative estimate of drug-likeness (QED) is 0.767. The Morgan fingerprint density at radius 1 is 1.40 bits per heavy atom. The van der Waals surface area contributed by atoms with Crippen LogP contribution in [0.15, 0.2) is 18.2 Å². The monoisotopic (exact) mass is 279 g/mol. The minimum absolute atomic E-state index is 0.0476. The fourth-order valence-electron chi connectivity index (χ4n) is 2.37. The Balaban J connectivity index is 2.31. The standard InChI is InChI=1S/C14H17NO5/c1-8-3-4-12(17)10(5-8)13(18)15-7-9(16)6-11(15)14(19)20-2/h3-5,9,11,16-17H,6-7H2,1-2H3. The summed E-state index contributed by atoms with van der Waals surface area (Å²) < 4.78 is 4.65. The molecule has 1 heterocycles. The molecule has 1 fully saturated rings. The van der Waals surface area contributed by atoms with Crippen LogP contribution in [0.2, 0.25) is 0 Å². The number of aliphatic hydroxyl groups excluding tert-OH is 1. The molecule has 0 saturated carbocycles. The summed E-state index contributed by atoms with van der Waals surface area (Å²) in [5, 5.41) is 19.5. The number of rotatable bonds is 2. The third-order valence-corrected chi connectivity index (χ3v) is 3.40. The lowest BCUT2D eigenvalue weighted by Gasteiger charge is -2.22. The molecular weight excluding hydrogens is 262 g/mol. The van der Waals surface area contributed by atoms with Gasteiger partial charge >= 0.3 is 5.97 Å².